The van der Waals surface area contributed by atoms with E-state index in [0.29, 0.717) is 17.4 Å². The Balaban J connectivity index is 2.39. The van der Waals surface area contributed by atoms with Crippen molar-refractivity contribution < 1.29 is 8.42 Å². The van der Waals surface area contributed by atoms with E-state index in [0.717, 1.165) is 24.0 Å². The van der Waals surface area contributed by atoms with Crippen molar-refractivity contribution in [3.63, 3.8) is 0 Å². The second-order valence-electron chi connectivity index (χ2n) is 5.96. The highest BCUT2D eigenvalue weighted by Crippen LogP contribution is 2.30. The molecule has 1 aliphatic heterocycles. The molecule has 1 aromatic carbocycles. The Morgan fingerprint density at radius 3 is 2.40 bits per heavy atom. The largest absolute Gasteiger partial charge is 0.243 e. The van der Waals surface area contributed by atoms with Crippen LogP contribution in [0, 0.1) is 12.8 Å². The fourth-order valence-corrected chi connectivity index (χ4v) is 4.50. The maximum atomic E-state index is 12.8. The third-order valence-corrected chi connectivity index (χ3v) is 5.83. The van der Waals surface area contributed by atoms with Gasteiger partial charge in [0.25, 0.3) is 0 Å². The maximum absolute atomic E-state index is 12.8. The van der Waals surface area contributed by atoms with Crippen LogP contribution in [-0.4, -0.2) is 25.3 Å². The molecule has 0 amide bonds. The minimum absolute atomic E-state index is 0.0619. The molecule has 0 unspecified atom stereocenters. The van der Waals surface area contributed by atoms with Gasteiger partial charge in [0.05, 0.1) is 4.90 Å². The topological polar surface area (TPSA) is 37.4 Å². The first kappa shape index (κ1) is 15.3. The number of rotatable bonds is 3. The Labute approximate surface area is 122 Å². The summed E-state index contributed by atoms with van der Waals surface area (Å²) in [5.41, 5.74) is 2.06. The van der Waals surface area contributed by atoms with Crippen LogP contribution < -0.4 is 0 Å². The number of sulfonamides is 1. The van der Waals surface area contributed by atoms with Crippen molar-refractivity contribution in [2.45, 2.75) is 44.6 Å². The molecule has 3 nitrogen and oxygen atoms in total. The van der Waals surface area contributed by atoms with Gasteiger partial charge in [-0.1, -0.05) is 43.7 Å². The molecule has 0 aromatic heterocycles. The Bertz CT molecular complexity index is 587. The number of hydrogen-bond donors (Lipinski definition) is 0. The predicted molar refractivity (Wildman–Crippen MR) is 82.1 cm³/mol. The summed E-state index contributed by atoms with van der Waals surface area (Å²) in [5.74, 6) is 0.309. The molecule has 2 rings (SSSR count). The first-order valence-corrected chi connectivity index (χ1v) is 8.51. The highest BCUT2D eigenvalue weighted by molar-refractivity contribution is 7.89. The zero-order chi connectivity index (χ0) is 14.9. The summed E-state index contributed by atoms with van der Waals surface area (Å²) >= 11 is 0. The lowest BCUT2D eigenvalue weighted by atomic mass is 9.93. The molecule has 0 aliphatic carbocycles. The van der Waals surface area contributed by atoms with Crippen molar-refractivity contribution in [3.05, 3.63) is 42.0 Å². The predicted octanol–water partition coefficient (Wildman–Crippen LogP) is 3.36. The van der Waals surface area contributed by atoms with E-state index < -0.39 is 10.0 Å². The van der Waals surface area contributed by atoms with E-state index in [1.165, 1.54) is 0 Å². The molecule has 20 heavy (non-hydrogen) atoms. The lowest BCUT2D eigenvalue weighted by Gasteiger charge is -2.38. The molecule has 1 fully saturated rings. The van der Waals surface area contributed by atoms with E-state index in [-0.39, 0.29) is 6.04 Å². The average molecular weight is 293 g/mol. The maximum Gasteiger partial charge on any atom is 0.243 e. The molecule has 0 spiro atoms. The normalized spacial score (nSPS) is 21.4. The lowest BCUT2D eigenvalue weighted by Crippen LogP contribution is -2.46. The van der Waals surface area contributed by atoms with Crippen LogP contribution in [0.3, 0.4) is 0 Å². The fourth-order valence-electron chi connectivity index (χ4n) is 2.69. The Hall–Kier alpha value is -1.13. The number of nitrogens with zero attached hydrogens (tertiary/aromatic N) is 1. The first-order valence-electron chi connectivity index (χ1n) is 7.07. The van der Waals surface area contributed by atoms with Crippen molar-refractivity contribution in [2.24, 2.45) is 5.92 Å². The van der Waals surface area contributed by atoms with Gasteiger partial charge >= 0.3 is 0 Å². The van der Waals surface area contributed by atoms with Crippen molar-refractivity contribution in [3.8, 4) is 0 Å². The van der Waals surface area contributed by atoms with Crippen LogP contribution in [0.25, 0.3) is 0 Å². The molecule has 0 N–H and O–H groups in total. The monoisotopic (exact) mass is 293 g/mol. The molecule has 4 heteroatoms. The van der Waals surface area contributed by atoms with E-state index in [2.05, 4.69) is 20.4 Å². The van der Waals surface area contributed by atoms with Crippen LogP contribution in [0.4, 0.5) is 0 Å². The van der Waals surface area contributed by atoms with Gasteiger partial charge in [-0.15, -0.1) is 0 Å². The smallest absolute Gasteiger partial charge is 0.207 e. The SMILES string of the molecule is C=C1CC[C@H](C(C)C)N(S(=O)(=O)c2ccc(C)cc2)C1. The van der Waals surface area contributed by atoms with Gasteiger partial charge in [0.2, 0.25) is 10.0 Å². The summed E-state index contributed by atoms with van der Waals surface area (Å²) in [6.45, 7) is 10.5. The number of piperidine rings is 1. The van der Waals surface area contributed by atoms with Crippen LogP contribution in [0.2, 0.25) is 0 Å². The fraction of sp³-hybridized carbons (Fsp3) is 0.500. The van der Waals surface area contributed by atoms with E-state index in [1.807, 2.05) is 19.1 Å². The molecular weight excluding hydrogens is 270 g/mol. The minimum atomic E-state index is -3.43. The minimum Gasteiger partial charge on any atom is -0.207 e. The van der Waals surface area contributed by atoms with E-state index in [4.69, 9.17) is 0 Å². The van der Waals surface area contributed by atoms with E-state index in [1.54, 1.807) is 16.4 Å². The molecule has 1 aliphatic rings. The van der Waals surface area contributed by atoms with Crippen molar-refractivity contribution in [1.29, 1.82) is 0 Å². The standard InChI is InChI=1S/C16H23NO2S/c1-12(2)16-10-7-14(4)11-17(16)20(18,19)15-8-5-13(3)6-9-15/h5-6,8-9,12,16H,4,7,10-11H2,1-3H3/t16-/m1/s1. The summed E-state index contributed by atoms with van der Waals surface area (Å²) in [6, 6.07) is 7.14. The highest BCUT2D eigenvalue weighted by Gasteiger charge is 2.35. The molecule has 1 atom stereocenters. The molecule has 0 bridgehead atoms. The van der Waals surface area contributed by atoms with Crippen molar-refractivity contribution in [1.82, 2.24) is 4.31 Å². The van der Waals surface area contributed by atoms with Crippen LogP contribution in [0.1, 0.15) is 32.3 Å². The van der Waals surface area contributed by atoms with Gasteiger partial charge in [-0.3, -0.25) is 0 Å². The second kappa shape index (κ2) is 5.70. The number of hydrogen-bond acceptors (Lipinski definition) is 2. The van der Waals surface area contributed by atoms with Gasteiger partial charge < -0.3 is 0 Å². The Morgan fingerprint density at radius 1 is 1.25 bits per heavy atom. The molecule has 1 heterocycles. The zero-order valence-corrected chi connectivity index (χ0v) is 13.3. The van der Waals surface area contributed by atoms with Gasteiger partial charge in [-0.05, 0) is 37.8 Å². The Kier molecular flexibility index (Phi) is 4.35. The quantitative estimate of drug-likeness (QED) is 0.801. The van der Waals surface area contributed by atoms with Crippen molar-refractivity contribution in [2.75, 3.05) is 6.54 Å². The van der Waals surface area contributed by atoms with Crippen LogP contribution in [0.5, 0.6) is 0 Å². The third kappa shape index (κ3) is 2.96. The summed E-state index contributed by atoms with van der Waals surface area (Å²) < 4.78 is 27.3. The van der Waals surface area contributed by atoms with Gasteiger partial charge in [0.15, 0.2) is 0 Å². The van der Waals surface area contributed by atoms with Crippen LogP contribution in [0.15, 0.2) is 41.3 Å². The van der Waals surface area contributed by atoms with Gasteiger partial charge in [0.1, 0.15) is 0 Å². The molecule has 1 saturated heterocycles. The number of aryl methyl sites for hydroxylation is 1. The summed E-state index contributed by atoms with van der Waals surface area (Å²) in [4.78, 5) is 0.378. The lowest BCUT2D eigenvalue weighted by molar-refractivity contribution is 0.233. The van der Waals surface area contributed by atoms with Crippen molar-refractivity contribution >= 4 is 10.0 Å². The highest BCUT2D eigenvalue weighted by atomic mass is 32.2. The first-order chi connectivity index (χ1) is 9.32. The Morgan fingerprint density at radius 2 is 1.85 bits per heavy atom. The summed E-state index contributed by atoms with van der Waals surface area (Å²) in [7, 11) is -3.43. The molecule has 0 radical (unpaired) electrons. The van der Waals surface area contributed by atoms with Gasteiger partial charge in [-0.2, -0.15) is 4.31 Å². The molecule has 110 valence electrons. The second-order valence-corrected chi connectivity index (χ2v) is 7.85. The van der Waals surface area contributed by atoms with Gasteiger partial charge in [-0.25, -0.2) is 8.42 Å². The third-order valence-electron chi connectivity index (χ3n) is 3.94. The van der Waals surface area contributed by atoms with Crippen LogP contribution >= 0.6 is 0 Å². The summed E-state index contributed by atoms with van der Waals surface area (Å²) in [6.07, 6.45) is 1.78. The average Bonchev–Trinajstić information content (AvgIpc) is 2.38. The molecule has 1 aromatic rings. The number of benzene rings is 1. The van der Waals surface area contributed by atoms with E-state index in [9.17, 15) is 8.42 Å². The van der Waals surface area contributed by atoms with Crippen LogP contribution in [-0.2, 0) is 10.0 Å². The summed E-state index contributed by atoms with van der Waals surface area (Å²) in [5, 5.41) is 0. The molecular formula is C16H23NO2S. The van der Waals surface area contributed by atoms with E-state index >= 15 is 0 Å². The van der Waals surface area contributed by atoms with Gasteiger partial charge in [0, 0.05) is 12.6 Å². The molecule has 0 saturated carbocycles. The zero-order valence-electron chi connectivity index (χ0n) is 12.5.